The fourth-order valence-electron chi connectivity index (χ4n) is 1.86. The van der Waals surface area contributed by atoms with Crippen molar-refractivity contribution in [2.24, 2.45) is 5.92 Å². The number of nitrogens with zero attached hydrogens (tertiary/aromatic N) is 1. The number of hydrogen-bond donors (Lipinski definition) is 0. The van der Waals surface area contributed by atoms with Gasteiger partial charge in [0, 0.05) is 26.7 Å². The zero-order chi connectivity index (χ0) is 9.19. The van der Waals surface area contributed by atoms with Crippen molar-refractivity contribution in [3.8, 4) is 0 Å². The predicted molar refractivity (Wildman–Crippen MR) is 51.3 cm³/mol. The van der Waals surface area contributed by atoms with Gasteiger partial charge in [-0.3, -0.25) is 0 Å². The highest BCUT2D eigenvalue weighted by Gasteiger charge is 2.33. The number of likely N-dealkylation sites (tertiary alicyclic amines) is 1. The number of rotatable bonds is 3. The monoisotopic (exact) mass is 171 g/mol. The van der Waals surface area contributed by atoms with Crippen LogP contribution in [0.5, 0.6) is 0 Å². The maximum atomic E-state index is 5.47. The molecule has 0 unspecified atom stereocenters. The zero-order valence-electron chi connectivity index (χ0n) is 8.76. The van der Waals surface area contributed by atoms with Gasteiger partial charge in [0.25, 0.3) is 0 Å². The van der Waals surface area contributed by atoms with Crippen LogP contribution >= 0.6 is 0 Å². The fourth-order valence-corrected chi connectivity index (χ4v) is 1.86. The average Bonchev–Trinajstić information content (AvgIpc) is 2.32. The topological polar surface area (TPSA) is 12.5 Å². The normalized spacial score (nSPS) is 31.8. The number of hydrogen-bond acceptors (Lipinski definition) is 2. The first-order chi connectivity index (χ1) is 5.56. The Hall–Kier alpha value is -0.0800. The van der Waals surface area contributed by atoms with Gasteiger partial charge in [0.05, 0.1) is 5.60 Å². The molecular weight excluding hydrogens is 150 g/mol. The Morgan fingerprint density at radius 3 is 2.58 bits per heavy atom. The quantitative estimate of drug-likeness (QED) is 0.641. The minimum absolute atomic E-state index is 0.120. The smallest absolute Gasteiger partial charge is 0.0789 e. The Balaban J connectivity index is 2.35. The largest absolute Gasteiger partial charge is 0.377 e. The van der Waals surface area contributed by atoms with Crippen LogP contribution in [0.15, 0.2) is 0 Å². The van der Waals surface area contributed by atoms with E-state index in [1.54, 1.807) is 0 Å². The molecule has 1 aliphatic rings. The molecule has 0 aromatic heterocycles. The van der Waals surface area contributed by atoms with E-state index in [0.29, 0.717) is 0 Å². The third-order valence-electron chi connectivity index (χ3n) is 2.63. The summed E-state index contributed by atoms with van der Waals surface area (Å²) in [5.74, 6) is 0.768. The molecule has 2 heteroatoms. The van der Waals surface area contributed by atoms with E-state index in [9.17, 15) is 0 Å². The lowest BCUT2D eigenvalue weighted by molar-refractivity contribution is 0.0141. The van der Waals surface area contributed by atoms with Crippen LogP contribution < -0.4 is 0 Å². The number of ether oxygens (including phenoxy) is 1. The lowest BCUT2D eigenvalue weighted by Crippen LogP contribution is -2.33. The maximum Gasteiger partial charge on any atom is 0.0789 e. The number of methoxy groups -OCH3 is 1. The van der Waals surface area contributed by atoms with Crippen LogP contribution in [0.25, 0.3) is 0 Å². The molecule has 0 aromatic carbocycles. The van der Waals surface area contributed by atoms with Gasteiger partial charge in [-0.1, -0.05) is 13.8 Å². The minimum Gasteiger partial charge on any atom is -0.377 e. The van der Waals surface area contributed by atoms with Gasteiger partial charge < -0.3 is 9.64 Å². The summed E-state index contributed by atoms with van der Waals surface area (Å²) in [6.45, 7) is 10.2. The molecule has 12 heavy (non-hydrogen) atoms. The lowest BCUT2D eigenvalue weighted by Gasteiger charge is -2.23. The van der Waals surface area contributed by atoms with E-state index in [1.165, 1.54) is 19.5 Å². The first-order valence-electron chi connectivity index (χ1n) is 4.83. The summed E-state index contributed by atoms with van der Waals surface area (Å²) < 4.78 is 5.47. The van der Waals surface area contributed by atoms with Gasteiger partial charge in [-0.25, -0.2) is 0 Å². The van der Waals surface area contributed by atoms with Crippen molar-refractivity contribution in [1.82, 2.24) is 4.90 Å². The standard InChI is InChI=1S/C10H21NO/c1-9(2)7-11-6-5-10(3,8-11)12-4/h9H,5-8H2,1-4H3/t10-/m1/s1. The first kappa shape index (κ1) is 10.0. The SMILES string of the molecule is CO[C@]1(C)CCN(CC(C)C)C1. The Labute approximate surface area is 75.9 Å². The molecule has 0 spiro atoms. The van der Waals surface area contributed by atoms with Gasteiger partial charge in [-0.2, -0.15) is 0 Å². The second-order valence-electron chi connectivity index (χ2n) is 4.53. The average molecular weight is 171 g/mol. The van der Waals surface area contributed by atoms with Gasteiger partial charge in [0.1, 0.15) is 0 Å². The third-order valence-corrected chi connectivity index (χ3v) is 2.63. The van der Waals surface area contributed by atoms with E-state index in [2.05, 4.69) is 25.7 Å². The van der Waals surface area contributed by atoms with Crippen molar-refractivity contribution in [3.05, 3.63) is 0 Å². The highest BCUT2D eigenvalue weighted by atomic mass is 16.5. The van der Waals surface area contributed by atoms with E-state index >= 15 is 0 Å². The van der Waals surface area contributed by atoms with Crippen LogP contribution in [0, 0.1) is 5.92 Å². The molecule has 1 rings (SSSR count). The molecule has 0 aromatic rings. The van der Waals surface area contributed by atoms with Crippen molar-refractivity contribution < 1.29 is 4.74 Å². The second kappa shape index (κ2) is 3.75. The first-order valence-corrected chi connectivity index (χ1v) is 4.83. The zero-order valence-corrected chi connectivity index (χ0v) is 8.76. The summed E-state index contributed by atoms with van der Waals surface area (Å²) >= 11 is 0. The molecule has 0 N–H and O–H groups in total. The predicted octanol–water partition coefficient (Wildman–Crippen LogP) is 1.75. The van der Waals surface area contributed by atoms with Crippen LogP contribution in [-0.2, 0) is 4.74 Å². The highest BCUT2D eigenvalue weighted by molar-refractivity contribution is 4.87. The molecule has 72 valence electrons. The molecule has 2 nitrogen and oxygen atoms in total. The summed E-state index contributed by atoms with van der Waals surface area (Å²) in [6.07, 6.45) is 1.18. The second-order valence-corrected chi connectivity index (χ2v) is 4.53. The molecule has 1 fully saturated rings. The van der Waals surface area contributed by atoms with Crippen molar-refractivity contribution in [3.63, 3.8) is 0 Å². The molecule has 0 bridgehead atoms. The molecule has 0 aliphatic carbocycles. The van der Waals surface area contributed by atoms with Crippen molar-refractivity contribution in [2.45, 2.75) is 32.8 Å². The van der Waals surface area contributed by atoms with E-state index < -0.39 is 0 Å². The Morgan fingerprint density at radius 2 is 2.17 bits per heavy atom. The van der Waals surface area contributed by atoms with E-state index in [-0.39, 0.29) is 5.60 Å². The van der Waals surface area contributed by atoms with Crippen LogP contribution in [0.2, 0.25) is 0 Å². The van der Waals surface area contributed by atoms with Gasteiger partial charge in [-0.15, -0.1) is 0 Å². The van der Waals surface area contributed by atoms with Crippen LogP contribution in [0.3, 0.4) is 0 Å². The minimum atomic E-state index is 0.120. The third kappa shape index (κ3) is 2.46. The Bertz CT molecular complexity index is 147. The van der Waals surface area contributed by atoms with Crippen molar-refractivity contribution >= 4 is 0 Å². The molecule has 1 atom stereocenters. The van der Waals surface area contributed by atoms with E-state index in [0.717, 1.165) is 12.5 Å². The van der Waals surface area contributed by atoms with Gasteiger partial charge >= 0.3 is 0 Å². The van der Waals surface area contributed by atoms with E-state index in [4.69, 9.17) is 4.74 Å². The molecule has 0 saturated carbocycles. The fraction of sp³-hybridized carbons (Fsp3) is 1.00. The van der Waals surface area contributed by atoms with Crippen LogP contribution in [-0.4, -0.2) is 37.2 Å². The van der Waals surface area contributed by atoms with Gasteiger partial charge in [0.2, 0.25) is 0 Å². The van der Waals surface area contributed by atoms with Crippen molar-refractivity contribution in [2.75, 3.05) is 26.7 Å². The summed E-state index contributed by atoms with van der Waals surface area (Å²) in [5.41, 5.74) is 0.120. The molecule has 1 heterocycles. The van der Waals surface area contributed by atoms with Crippen LogP contribution in [0.1, 0.15) is 27.2 Å². The summed E-state index contributed by atoms with van der Waals surface area (Å²) in [6, 6.07) is 0. The molecular formula is C10H21NO. The molecule has 1 aliphatic heterocycles. The van der Waals surface area contributed by atoms with Crippen molar-refractivity contribution in [1.29, 1.82) is 0 Å². The van der Waals surface area contributed by atoms with Gasteiger partial charge in [-0.05, 0) is 19.3 Å². The van der Waals surface area contributed by atoms with Gasteiger partial charge in [0.15, 0.2) is 0 Å². The Morgan fingerprint density at radius 1 is 1.50 bits per heavy atom. The summed E-state index contributed by atoms with van der Waals surface area (Å²) in [7, 11) is 1.82. The Kier molecular flexibility index (Phi) is 3.13. The maximum absolute atomic E-state index is 5.47. The molecule has 0 amide bonds. The van der Waals surface area contributed by atoms with E-state index in [1.807, 2.05) is 7.11 Å². The van der Waals surface area contributed by atoms with Crippen LogP contribution in [0.4, 0.5) is 0 Å². The molecule has 0 radical (unpaired) electrons. The summed E-state index contributed by atoms with van der Waals surface area (Å²) in [4.78, 5) is 2.49. The molecule has 1 saturated heterocycles. The lowest BCUT2D eigenvalue weighted by atomic mass is 10.1. The summed E-state index contributed by atoms with van der Waals surface area (Å²) in [5, 5.41) is 0. The highest BCUT2D eigenvalue weighted by Crippen LogP contribution is 2.24.